The number of rotatable bonds is 13. The van der Waals surface area contributed by atoms with Crippen LogP contribution in [0.2, 0.25) is 0 Å². The van der Waals surface area contributed by atoms with Crippen molar-refractivity contribution in [1.82, 2.24) is 0 Å². The van der Waals surface area contributed by atoms with Crippen LogP contribution in [0.5, 0.6) is 51.7 Å². The maximum absolute atomic E-state index is 13.1. The number of amides is 1. The number of hydrogen-bond donors (Lipinski definition) is 1. The van der Waals surface area contributed by atoms with Crippen LogP contribution in [0, 0.1) is 11.8 Å². The first-order chi connectivity index (χ1) is 26.6. The van der Waals surface area contributed by atoms with Crippen LogP contribution in [0.3, 0.4) is 0 Å². The van der Waals surface area contributed by atoms with Crippen LogP contribution in [0.15, 0.2) is 91.0 Å². The highest BCUT2D eigenvalue weighted by atomic mass is 16.6. The maximum Gasteiger partial charge on any atom is 0.347 e. The lowest BCUT2D eigenvalue weighted by molar-refractivity contribution is 0.0718. The maximum atomic E-state index is 13.1. The number of methoxy groups -OCH3 is 7. The number of benzene rings is 5. The molecule has 0 aliphatic carbocycles. The Morgan fingerprint density at radius 3 is 1.33 bits per heavy atom. The molecule has 55 heavy (non-hydrogen) atoms. The van der Waals surface area contributed by atoms with Crippen LogP contribution in [0.4, 0.5) is 5.69 Å². The molecule has 0 aliphatic heterocycles. The van der Waals surface area contributed by atoms with Gasteiger partial charge in [-0.05, 0) is 66.7 Å². The molecule has 5 aromatic carbocycles. The van der Waals surface area contributed by atoms with Gasteiger partial charge in [0.1, 0.15) is 28.4 Å². The molecule has 0 atom stereocenters. The molecule has 0 saturated carbocycles. The van der Waals surface area contributed by atoms with E-state index in [0.717, 1.165) is 0 Å². The second-order valence-electron chi connectivity index (χ2n) is 11.3. The van der Waals surface area contributed by atoms with Crippen molar-refractivity contribution in [3.05, 3.63) is 119 Å². The van der Waals surface area contributed by atoms with E-state index in [1.54, 1.807) is 54.6 Å². The minimum absolute atomic E-state index is 0.0924. The van der Waals surface area contributed by atoms with Crippen molar-refractivity contribution in [2.24, 2.45) is 0 Å². The van der Waals surface area contributed by atoms with Gasteiger partial charge in [-0.25, -0.2) is 9.59 Å². The Hall–Kier alpha value is -7.33. The molecule has 5 aromatic rings. The molecule has 13 nitrogen and oxygen atoms in total. The summed E-state index contributed by atoms with van der Waals surface area (Å²) >= 11 is 0. The summed E-state index contributed by atoms with van der Waals surface area (Å²) in [5.74, 6) is 6.91. The summed E-state index contributed by atoms with van der Waals surface area (Å²) in [7, 11) is 10.1. The zero-order valence-corrected chi connectivity index (χ0v) is 31.1. The van der Waals surface area contributed by atoms with Crippen molar-refractivity contribution in [3.8, 4) is 63.6 Å². The van der Waals surface area contributed by atoms with Gasteiger partial charge in [0.15, 0.2) is 34.5 Å². The number of esters is 2. The Balaban J connectivity index is 1.20. The molecule has 0 fully saturated rings. The van der Waals surface area contributed by atoms with Crippen LogP contribution < -0.4 is 47.9 Å². The molecule has 0 bridgehead atoms. The van der Waals surface area contributed by atoms with Crippen molar-refractivity contribution in [3.63, 3.8) is 0 Å². The summed E-state index contributed by atoms with van der Waals surface area (Å²) in [4.78, 5) is 39.2. The van der Waals surface area contributed by atoms with Gasteiger partial charge in [-0.15, -0.1) is 0 Å². The van der Waals surface area contributed by atoms with Crippen molar-refractivity contribution < 1.29 is 57.0 Å². The Morgan fingerprint density at radius 2 is 0.855 bits per heavy atom. The Bertz CT molecular complexity index is 2250. The third kappa shape index (κ3) is 9.19. The predicted octanol–water partition coefficient (Wildman–Crippen LogP) is 6.84. The Kier molecular flexibility index (Phi) is 12.7. The standard InChI is InChI=1S/C42H37NO12/c1-47-33-23-38(52-6)36(50-4)21-30(33)41(45)54-29-17-12-26(13-18-29)9-8-25-10-15-28(16-11-25)43-40(44)27-14-19-32(35(20-27)49-3)55-42(46)31-22-37(51-5)39(53-7)24-34(31)48-2/h10-24H,1-7H3,(H,43,44). The summed E-state index contributed by atoms with van der Waals surface area (Å²) in [6, 6.07) is 24.1. The molecule has 13 heteroatoms. The van der Waals surface area contributed by atoms with E-state index in [4.69, 9.17) is 42.6 Å². The molecule has 0 spiro atoms. The van der Waals surface area contributed by atoms with Crippen molar-refractivity contribution in [1.29, 1.82) is 0 Å². The number of anilines is 1. The first kappa shape index (κ1) is 38.9. The second-order valence-corrected chi connectivity index (χ2v) is 11.3. The van der Waals surface area contributed by atoms with Gasteiger partial charge < -0.3 is 47.9 Å². The lowest BCUT2D eigenvalue weighted by Crippen LogP contribution is -2.14. The molecular formula is C42H37NO12. The second kappa shape index (κ2) is 17.9. The van der Waals surface area contributed by atoms with E-state index in [9.17, 15) is 14.4 Å². The van der Waals surface area contributed by atoms with E-state index in [1.165, 1.54) is 86.2 Å². The van der Waals surface area contributed by atoms with Gasteiger partial charge in [-0.3, -0.25) is 4.79 Å². The number of ether oxygens (including phenoxy) is 9. The van der Waals surface area contributed by atoms with Crippen molar-refractivity contribution in [2.45, 2.75) is 0 Å². The molecule has 0 radical (unpaired) electrons. The minimum Gasteiger partial charge on any atom is -0.496 e. The van der Waals surface area contributed by atoms with E-state index in [2.05, 4.69) is 17.2 Å². The molecular weight excluding hydrogens is 710 g/mol. The first-order valence-corrected chi connectivity index (χ1v) is 16.4. The number of carbonyl (C=O) groups excluding carboxylic acids is 3. The van der Waals surface area contributed by atoms with E-state index < -0.39 is 17.8 Å². The summed E-state index contributed by atoms with van der Waals surface area (Å²) in [6.07, 6.45) is 0. The topological polar surface area (TPSA) is 146 Å². The highest BCUT2D eigenvalue weighted by molar-refractivity contribution is 6.05. The van der Waals surface area contributed by atoms with Crippen LogP contribution in [0.25, 0.3) is 0 Å². The van der Waals surface area contributed by atoms with Gasteiger partial charge in [0.05, 0.1) is 49.8 Å². The Morgan fingerprint density at radius 1 is 0.436 bits per heavy atom. The first-order valence-electron chi connectivity index (χ1n) is 16.4. The molecule has 0 unspecified atom stereocenters. The fraction of sp³-hybridized carbons (Fsp3) is 0.167. The average molecular weight is 748 g/mol. The highest BCUT2D eigenvalue weighted by Gasteiger charge is 2.22. The molecule has 1 N–H and O–H groups in total. The lowest BCUT2D eigenvalue weighted by Gasteiger charge is -2.15. The zero-order valence-electron chi connectivity index (χ0n) is 31.1. The smallest absolute Gasteiger partial charge is 0.347 e. The van der Waals surface area contributed by atoms with E-state index in [-0.39, 0.29) is 39.7 Å². The van der Waals surface area contributed by atoms with Crippen LogP contribution in [-0.4, -0.2) is 67.6 Å². The van der Waals surface area contributed by atoms with E-state index >= 15 is 0 Å². The van der Waals surface area contributed by atoms with E-state index in [1.807, 2.05) is 0 Å². The monoisotopic (exact) mass is 747 g/mol. The van der Waals surface area contributed by atoms with Gasteiger partial charge in [0, 0.05) is 46.6 Å². The summed E-state index contributed by atoms with van der Waals surface area (Å²) < 4.78 is 48.4. The van der Waals surface area contributed by atoms with Crippen LogP contribution in [-0.2, 0) is 0 Å². The van der Waals surface area contributed by atoms with E-state index in [0.29, 0.717) is 45.6 Å². The van der Waals surface area contributed by atoms with Gasteiger partial charge >= 0.3 is 11.9 Å². The van der Waals surface area contributed by atoms with Gasteiger partial charge in [-0.2, -0.15) is 0 Å². The normalized spacial score (nSPS) is 10.2. The highest BCUT2D eigenvalue weighted by Crippen LogP contribution is 2.37. The average Bonchev–Trinajstić information content (AvgIpc) is 3.22. The largest absolute Gasteiger partial charge is 0.496 e. The molecule has 0 heterocycles. The SMILES string of the molecule is COc1cc(OC)c(C(=O)Oc2ccc(C#Cc3ccc(NC(=O)c4ccc(OC(=O)c5cc(OC)c(OC)cc5OC)c(OC)c4)cc3)cc2)cc1OC. The van der Waals surface area contributed by atoms with Gasteiger partial charge in [-0.1, -0.05) is 11.8 Å². The van der Waals surface area contributed by atoms with Gasteiger partial charge in [0.2, 0.25) is 0 Å². The molecule has 0 aromatic heterocycles. The molecule has 282 valence electrons. The summed E-state index contributed by atoms with van der Waals surface area (Å²) in [6.45, 7) is 0. The van der Waals surface area contributed by atoms with Crippen molar-refractivity contribution in [2.75, 3.05) is 55.1 Å². The molecule has 0 aliphatic rings. The fourth-order valence-electron chi connectivity index (χ4n) is 5.18. The number of hydrogen-bond acceptors (Lipinski definition) is 12. The minimum atomic E-state index is -0.734. The molecule has 0 saturated heterocycles. The van der Waals surface area contributed by atoms with Crippen molar-refractivity contribution >= 4 is 23.5 Å². The van der Waals surface area contributed by atoms with Crippen LogP contribution in [0.1, 0.15) is 42.2 Å². The third-order valence-corrected chi connectivity index (χ3v) is 8.04. The summed E-state index contributed by atoms with van der Waals surface area (Å²) in [5, 5.41) is 2.83. The number of nitrogens with one attached hydrogen (secondary N) is 1. The Labute approximate surface area is 317 Å². The number of carbonyl (C=O) groups is 3. The van der Waals surface area contributed by atoms with Gasteiger partial charge in [0.25, 0.3) is 5.91 Å². The zero-order chi connectivity index (χ0) is 39.5. The lowest BCUT2D eigenvalue weighted by atomic mass is 10.1. The van der Waals surface area contributed by atoms with Crippen LogP contribution >= 0.6 is 0 Å². The fourth-order valence-corrected chi connectivity index (χ4v) is 5.18. The third-order valence-electron chi connectivity index (χ3n) is 8.04. The molecule has 5 rings (SSSR count). The molecule has 1 amide bonds. The predicted molar refractivity (Wildman–Crippen MR) is 202 cm³/mol. The quantitative estimate of drug-likeness (QED) is 0.0765. The summed E-state index contributed by atoms with van der Waals surface area (Å²) in [5.41, 5.74) is 2.46.